The maximum absolute atomic E-state index is 6.79. The van der Waals surface area contributed by atoms with Crippen LogP contribution in [0.5, 0.6) is 11.5 Å². The molecule has 2 nitrogen and oxygen atoms in total. The summed E-state index contributed by atoms with van der Waals surface area (Å²) in [5, 5.41) is 0. The molecular weight excluding hydrogens is 681 g/mol. The van der Waals surface area contributed by atoms with E-state index in [-0.39, 0.29) is 21.7 Å². The van der Waals surface area contributed by atoms with Crippen LogP contribution in [0.2, 0.25) is 0 Å². The Bertz CT molecular complexity index is 1750. The molecular formula is C38H46O2S6. The van der Waals surface area contributed by atoms with Gasteiger partial charge >= 0.3 is 0 Å². The van der Waals surface area contributed by atoms with Gasteiger partial charge in [-0.3, -0.25) is 0 Å². The highest BCUT2D eigenvalue weighted by Crippen LogP contribution is 2.52. The summed E-state index contributed by atoms with van der Waals surface area (Å²) in [6.07, 6.45) is 0. The molecule has 0 radical (unpaired) electrons. The fourth-order valence-corrected chi connectivity index (χ4v) is 10.6. The van der Waals surface area contributed by atoms with Crippen molar-refractivity contribution < 1.29 is 9.47 Å². The van der Waals surface area contributed by atoms with E-state index in [1.54, 1.807) is 45.3 Å². The highest BCUT2D eigenvalue weighted by atomic mass is 32.2. The molecule has 0 aliphatic heterocycles. The summed E-state index contributed by atoms with van der Waals surface area (Å²) in [6, 6.07) is 13.9. The molecule has 0 amide bonds. The first kappa shape index (κ1) is 35.6. The predicted octanol–water partition coefficient (Wildman–Crippen LogP) is 14.0. The van der Waals surface area contributed by atoms with Gasteiger partial charge in [0.1, 0.15) is 19.5 Å². The lowest BCUT2D eigenvalue weighted by atomic mass is 9.79. The highest BCUT2D eigenvalue weighted by molar-refractivity contribution is 7.77. The maximum atomic E-state index is 6.79. The van der Waals surface area contributed by atoms with Crippen molar-refractivity contribution in [3.05, 3.63) is 76.1 Å². The van der Waals surface area contributed by atoms with E-state index in [1.807, 2.05) is 0 Å². The normalized spacial score (nSPS) is 13.1. The minimum Gasteiger partial charge on any atom is -0.486 e. The topological polar surface area (TPSA) is 18.5 Å². The molecule has 0 unspecified atom stereocenters. The molecule has 0 aliphatic carbocycles. The van der Waals surface area contributed by atoms with Gasteiger partial charge in [0, 0.05) is 0 Å². The zero-order chi connectivity index (χ0) is 34.0. The first-order chi connectivity index (χ1) is 21.1. The molecule has 0 aliphatic rings. The van der Waals surface area contributed by atoms with Crippen LogP contribution < -0.4 is 9.47 Å². The van der Waals surface area contributed by atoms with E-state index < -0.39 is 0 Å². The summed E-state index contributed by atoms with van der Waals surface area (Å²) in [4.78, 5) is 0. The van der Waals surface area contributed by atoms with Gasteiger partial charge in [0.25, 0.3) is 0 Å². The summed E-state index contributed by atoms with van der Waals surface area (Å²) in [7, 11) is 0. The molecule has 2 heterocycles. The summed E-state index contributed by atoms with van der Waals surface area (Å²) >= 11 is 18.0. The van der Waals surface area contributed by atoms with Crippen LogP contribution in [0.15, 0.2) is 36.4 Å². The minimum absolute atomic E-state index is 0.0366. The number of rotatable bonds is 6. The maximum Gasteiger partial charge on any atom is 0.157 e. The number of benzene rings is 3. The number of ether oxygens (including phenoxy) is 2. The number of hydrogen-bond donors (Lipinski definition) is 0. The van der Waals surface area contributed by atoms with Crippen molar-refractivity contribution in [1.82, 2.24) is 0 Å². The van der Waals surface area contributed by atoms with Gasteiger partial charge in [0.15, 0.2) is 11.5 Å². The Morgan fingerprint density at radius 3 is 0.891 bits per heavy atom. The summed E-state index contributed by atoms with van der Waals surface area (Å²) in [5.74, 6) is 1.74. The van der Waals surface area contributed by atoms with E-state index >= 15 is 0 Å². The largest absolute Gasteiger partial charge is 0.486 e. The first-order valence-electron chi connectivity index (χ1n) is 15.7. The average Bonchev–Trinajstić information content (AvgIpc) is 3.50. The van der Waals surface area contributed by atoms with Gasteiger partial charge in [0.2, 0.25) is 0 Å². The summed E-state index contributed by atoms with van der Waals surface area (Å²) in [6.45, 7) is 28.2. The van der Waals surface area contributed by atoms with Crippen LogP contribution in [0, 0.1) is 6.28 Å². The zero-order valence-corrected chi connectivity index (χ0v) is 34.0. The van der Waals surface area contributed by atoms with Gasteiger partial charge in [-0.15, -0.1) is 45.3 Å². The van der Waals surface area contributed by atoms with Crippen LogP contribution in [0.25, 0.3) is 18.8 Å². The molecule has 0 fully saturated rings. The van der Waals surface area contributed by atoms with E-state index in [0.29, 0.717) is 13.2 Å². The van der Waals surface area contributed by atoms with Crippen molar-refractivity contribution in [2.45, 2.75) is 118 Å². The van der Waals surface area contributed by atoms with Gasteiger partial charge < -0.3 is 9.47 Å². The fraction of sp³-hybridized carbons (Fsp3) is 0.474. The Hall–Kier alpha value is -1.68. The quantitative estimate of drug-likeness (QED) is 0.162. The predicted molar refractivity (Wildman–Crippen MR) is 211 cm³/mol. The Kier molecular flexibility index (Phi) is 9.79. The molecule has 0 bridgehead atoms. The number of fused-ring (bicyclic) bond motifs is 2. The average molecular weight is 727 g/mol. The first-order valence-corrected chi connectivity index (χ1v) is 19.8. The molecule has 0 N–H and O–H groups in total. The Morgan fingerprint density at radius 2 is 0.674 bits per heavy atom. The lowest BCUT2D eigenvalue weighted by Gasteiger charge is -2.26. The molecule has 246 valence electrons. The third-order valence-corrected chi connectivity index (χ3v) is 13.5. The minimum atomic E-state index is 0.0366. The van der Waals surface area contributed by atoms with E-state index in [0.717, 1.165) is 36.6 Å². The highest BCUT2D eigenvalue weighted by Gasteiger charge is 2.25. The third-order valence-electron chi connectivity index (χ3n) is 8.20. The van der Waals surface area contributed by atoms with Crippen molar-refractivity contribution in [1.29, 1.82) is 0 Å². The van der Waals surface area contributed by atoms with Crippen LogP contribution in [-0.2, 0) is 34.9 Å². The van der Waals surface area contributed by atoms with E-state index in [2.05, 4.69) is 119 Å². The molecule has 0 saturated carbocycles. The molecule has 46 heavy (non-hydrogen) atoms. The molecule has 0 spiro atoms. The second-order valence-corrected chi connectivity index (χ2v) is 22.7. The Balaban J connectivity index is 1.57. The van der Waals surface area contributed by atoms with Gasteiger partial charge in [-0.2, -0.15) is 0 Å². The molecule has 2 aromatic heterocycles. The van der Waals surface area contributed by atoms with E-state index in [4.69, 9.17) is 33.9 Å². The van der Waals surface area contributed by atoms with Crippen LogP contribution >= 0.6 is 69.8 Å². The second kappa shape index (κ2) is 12.6. The molecule has 8 heteroatoms. The van der Waals surface area contributed by atoms with Crippen LogP contribution in [0.3, 0.4) is 0 Å². The zero-order valence-electron chi connectivity index (χ0n) is 29.1. The smallest absolute Gasteiger partial charge is 0.157 e. The molecule has 5 rings (SSSR count). The fourth-order valence-electron chi connectivity index (χ4n) is 5.22. The monoisotopic (exact) mass is 726 g/mol. The van der Waals surface area contributed by atoms with Crippen LogP contribution in [0.1, 0.15) is 116 Å². The Morgan fingerprint density at radius 1 is 0.435 bits per heavy atom. The molecule has 0 atom stereocenters. The van der Waals surface area contributed by atoms with E-state index in [9.17, 15) is 0 Å². The van der Waals surface area contributed by atoms with Gasteiger partial charge in [-0.1, -0.05) is 144 Å². The Labute approximate surface area is 301 Å². The third kappa shape index (κ3) is 7.79. The van der Waals surface area contributed by atoms with Gasteiger partial charge in [0.05, 0.1) is 18.8 Å². The SMILES string of the molecule is CC(C)(C)c1cc(COc2c3sc(=S)sc3c(OCc3cc(C(C)(C)C)cc(C(C)(C)C)c3)c3sc(=S)sc23)cc(C(C)(C)C)c1. The van der Waals surface area contributed by atoms with E-state index in [1.165, 1.54) is 33.4 Å². The van der Waals surface area contributed by atoms with Crippen molar-refractivity contribution >= 4 is 88.6 Å². The van der Waals surface area contributed by atoms with Gasteiger partial charge in [-0.05, 0) is 55.0 Å². The molecule has 3 aromatic carbocycles. The van der Waals surface area contributed by atoms with Gasteiger partial charge in [-0.25, -0.2) is 0 Å². The second-order valence-electron chi connectivity index (χ2n) is 16.3. The summed E-state index contributed by atoms with van der Waals surface area (Å²) in [5.41, 5.74) is 7.77. The number of hydrogen-bond acceptors (Lipinski definition) is 8. The summed E-state index contributed by atoms with van der Waals surface area (Å²) < 4.78 is 19.5. The van der Waals surface area contributed by atoms with Crippen molar-refractivity contribution in [3.63, 3.8) is 0 Å². The van der Waals surface area contributed by atoms with Crippen LogP contribution in [-0.4, -0.2) is 0 Å². The molecule has 5 aromatic rings. The van der Waals surface area contributed by atoms with Crippen molar-refractivity contribution in [3.8, 4) is 11.5 Å². The van der Waals surface area contributed by atoms with Crippen molar-refractivity contribution in [2.75, 3.05) is 0 Å². The van der Waals surface area contributed by atoms with Crippen molar-refractivity contribution in [2.24, 2.45) is 0 Å². The molecule has 0 saturated heterocycles. The standard InChI is InChI=1S/C38H46O2S6/c1-35(2,3)23-13-21(14-24(17-23)36(4,5)6)19-39-27-29-31(45-33(41)43-29)28(32-30(27)44-34(42)46-32)40-20-22-15-25(37(7,8)9)18-26(16-22)38(10,11)12/h13-18H,19-20H2,1-12H3. The lowest BCUT2D eigenvalue weighted by Crippen LogP contribution is -2.17. The van der Waals surface area contributed by atoms with Crippen LogP contribution in [0.4, 0.5) is 0 Å². The lowest BCUT2D eigenvalue weighted by molar-refractivity contribution is 0.309.